The maximum atomic E-state index is 12.3. The van der Waals surface area contributed by atoms with E-state index in [0.717, 1.165) is 34.5 Å². The molecule has 0 saturated heterocycles. The van der Waals surface area contributed by atoms with Gasteiger partial charge in [0.05, 0.1) is 6.54 Å². The van der Waals surface area contributed by atoms with E-state index in [9.17, 15) is 4.79 Å². The van der Waals surface area contributed by atoms with Crippen LogP contribution < -0.4 is 0 Å². The molecular formula is C24H25N7O. The maximum absolute atomic E-state index is 12.3. The highest BCUT2D eigenvalue weighted by Crippen LogP contribution is 2.30. The van der Waals surface area contributed by atoms with Gasteiger partial charge in [0.25, 0.3) is 0 Å². The molecule has 0 atom stereocenters. The summed E-state index contributed by atoms with van der Waals surface area (Å²) in [6.07, 6.45) is 5.81. The van der Waals surface area contributed by atoms with Gasteiger partial charge in [0, 0.05) is 18.4 Å². The first-order valence-corrected chi connectivity index (χ1v) is 10.7. The van der Waals surface area contributed by atoms with Crippen LogP contribution in [0.4, 0.5) is 0 Å². The van der Waals surface area contributed by atoms with E-state index in [1.165, 1.54) is 0 Å². The van der Waals surface area contributed by atoms with Gasteiger partial charge in [-0.15, -0.1) is 15.3 Å². The number of hydrogen-bond donors (Lipinski definition) is 1. The molecule has 0 bridgehead atoms. The van der Waals surface area contributed by atoms with Crippen LogP contribution in [0.3, 0.4) is 0 Å². The summed E-state index contributed by atoms with van der Waals surface area (Å²) < 4.78 is 1.81. The van der Waals surface area contributed by atoms with Crippen LogP contribution in [0.1, 0.15) is 48.7 Å². The fourth-order valence-corrected chi connectivity index (χ4v) is 3.50. The lowest BCUT2D eigenvalue weighted by atomic mass is 9.98. The summed E-state index contributed by atoms with van der Waals surface area (Å²) in [7, 11) is 0. The number of aromatic amines is 1. The third-order valence-corrected chi connectivity index (χ3v) is 5.13. The van der Waals surface area contributed by atoms with Gasteiger partial charge < -0.3 is 0 Å². The van der Waals surface area contributed by atoms with Crippen LogP contribution in [-0.4, -0.2) is 41.2 Å². The van der Waals surface area contributed by atoms with E-state index in [4.69, 9.17) is 0 Å². The first-order chi connectivity index (χ1) is 15.7. The van der Waals surface area contributed by atoms with Gasteiger partial charge in [0.15, 0.2) is 0 Å². The number of Topliss-reactive ketones (excluding diaryl/α,β-unsaturated/α-hetero) is 1. The van der Waals surface area contributed by atoms with Crippen molar-refractivity contribution in [2.24, 2.45) is 0 Å². The number of carbonyl (C=O) groups excluding carboxylic acids is 1. The number of H-pyrrole nitrogens is 1. The van der Waals surface area contributed by atoms with Gasteiger partial charge in [0.1, 0.15) is 5.82 Å². The van der Waals surface area contributed by atoms with Gasteiger partial charge in [-0.2, -0.15) is 5.21 Å². The van der Waals surface area contributed by atoms with Crippen LogP contribution in [0.15, 0.2) is 60.7 Å². The van der Waals surface area contributed by atoms with Gasteiger partial charge in [-0.3, -0.25) is 4.79 Å². The molecule has 0 aliphatic rings. The van der Waals surface area contributed by atoms with E-state index in [1.807, 2.05) is 54.9 Å². The van der Waals surface area contributed by atoms with Crippen molar-refractivity contribution in [1.29, 1.82) is 0 Å². The third kappa shape index (κ3) is 4.69. The first-order valence-electron chi connectivity index (χ1n) is 10.7. The molecule has 1 N–H and O–H groups in total. The van der Waals surface area contributed by atoms with Crippen LogP contribution in [0.2, 0.25) is 0 Å². The lowest BCUT2D eigenvalue weighted by Gasteiger charge is -2.08. The Labute approximate surface area is 186 Å². The lowest BCUT2D eigenvalue weighted by Crippen LogP contribution is -2.05. The molecule has 8 heteroatoms. The lowest BCUT2D eigenvalue weighted by molar-refractivity contribution is 0.0971. The maximum Gasteiger partial charge on any atom is 0.217 e. The second-order valence-electron chi connectivity index (χ2n) is 7.43. The average Bonchev–Trinajstić information content (AvgIpc) is 3.49. The predicted molar refractivity (Wildman–Crippen MR) is 122 cm³/mol. The van der Waals surface area contributed by atoms with E-state index < -0.39 is 0 Å². The van der Waals surface area contributed by atoms with Crippen molar-refractivity contribution in [3.05, 3.63) is 77.9 Å². The SMILES string of the molecule is C/C=C/Cn1nc(C(=O)CCC)nc1Cc1ccc(-c2ccccc2-c2nn[nH]n2)cc1. The summed E-state index contributed by atoms with van der Waals surface area (Å²) in [5.41, 5.74) is 4.10. The van der Waals surface area contributed by atoms with Gasteiger partial charge in [-0.25, -0.2) is 9.67 Å². The minimum atomic E-state index is -0.0126. The predicted octanol–water partition coefficient (Wildman–Crippen LogP) is 4.27. The highest BCUT2D eigenvalue weighted by Gasteiger charge is 2.16. The normalized spacial score (nSPS) is 11.3. The summed E-state index contributed by atoms with van der Waals surface area (Å²) in [6.45, 7) is 4.54. The van der Waals surface area contributed by atoms with Crippen LogP contribution in [0.25, 0.3) is 22.5 Å². The van der Waals surface area contributed by atoms with Crippen molar-refractivity contribution in [2.75, 3.05) is 0 Å². The Hall–Kier alpha value is -3.94. The number of allylic oxidation sites excluding steroid dienone is 2. The van der Waals surface area contributed by atoms with Crippen molar-refractivity contribution in [3.8, 4) is 22.5 Å². The van der Waals surface area contributed by atoms with E-state index in [1.54, 1.807) is 0 Å². The molecule has 162 valence electrons. The van der Waals surface area contributed by atoms with Crippen LogP contribution in [-0.2, 0) is 13.0 Å². The number of rotatable bonds is 9. The Morgan fingerprint density at radius 1 is 1.09 bits per heavy atom. The highest BCUT2D eigenvalue weighted by molar-refractivity contribution is 5.92. The largest absolute Gasteiger partial charge is 0.291 e. The standard InChI is InChI=1S/C24H25N7O/c1-3-5-15-31-22(25-24(28-31)21(32)8-4-2)16-17-11-13-18(14-12-17)19-9-6-7-10-20(19)23-26-29-30-27-23/h3,5-7,9-14H,4,8,15-16H2,1-2H3,(H,26,27,29,30)/b5-3+. The molecule has 0 radical (unpaired) electrons. The van der Waals surface area contributed by atoms with Gasteiger partial charge in [-0.05, 0) is 35.2 Å². The smallest absolute Gasteiger partial charge is 0.217 e. The van der Waals surface area contributed by atoms with Crippen molar-refractivity contribution < 1.29 is 4.79 Å². The number of benzene rings is 2. The fraction of sp³-hybridized carbons (Fsp3) is 0.250. The number of hydrogen-bond acceptors (Lipinski definition) is 6. The van der Waals surface area contributed by atoms with Crippen LogP contribution >= 0.6 is 0 Å². The molecule has 4 rings (SSSR count). The van der Waals surface area contributed by atoms with Gasteiger partial charge in [-0.1, -0.05) is 67.6 Å². The second-order valence-corrected chi connectivity index (χ2v) is 7.43. The van der Waals surface area contributed by atoms with Crippen LogP contribution in [0.5, 0.6) is 0 Å². The molecule has 0 amide bonds. The van der Waals surface area contributed by atoms with E-state index >= 15 is 0 Å². The van der Waals surface area contributed by atoms with Crippen molar-refractivity contribution in [3.63, 3.8) is 0 Å². The summed E-state index contributed by atoms with van der Waals surface area (Å²) in [5, 5.41) is 18.8. The number of aromatic nitrogens is 7. The van der Waals surface area contributed by atoms with E-state index in [2.05, 4.69) is 55.0 Å². The summed E-state index contributed by atoms with van der Waals surface area (Å²) >= 11 is 0. The van der Waals surface area contributed by atoms with Crippen molar-refractivity contribution in [1.82, 2.24) is 35.4 Å². The summed E-state index contributed by atoms with van der Waals surface area (Å²) in [4.78, 5) is 16.8. The zero-order valence-corrected chi connectivity index (χ0v) is 18.2. The molecule has 2 heterocycles. The molecule has 2 aromatic heterocycles. The van der Waals surface area contributed by atoms with Gasteiger partial charge >= 0.3 is 0 Å². The van der Waals surface area contributed by atoms with E-state index in [0.29, 0.717) is 31.0 Å². The average molecular weight is 428 g/mol. The Morgan fingerprint density at radius 3 is 2.56 bits per heavy atom. The minimum absolute atomic E-state index is 0.0126. The monoisotopic (exact) mass is 427 g/mol. The number of ketones is 1. The highest BCUT2D eigenvalue weighted by atomic mass is 16.1. The molecular weight excluding hydrogens is 402 g/mol. The Balaban J connectivity index is 1.59. The fourth-order valence-electron chi connectivity index (χ4n) is 3.50. The molecule has 0 aliphatic heterocycles. The van der Waals surface area contributed by atoms with E-state index in [-0.39, 0.29) is 5.78 Å². The molecule has 0 fully saturated rings. The summed E-state index contributed by atoms with van der Waals surface area (Å²) in [5.74, 6) is 1.63. The number of carbonyl (C=O) groups is 1. The molecule has 8 nitrogen and oxygen atoms in total. The van der Waals surface area contributed by atoms with Crippen molar-refractivity contribution >= 4 is 5.78 Å². The Morgan fingerprint density at radius 2 is 1.88 bits per heavy atom. The second kappa shape index (κ2) is 9.91. The molecule has 2 aromatic carbocycles. The zero-order chi connectivity index (χ0) is 22.3. The first kappa shape index (κ1) is 21.3. The molecule has 0 unspecified atom stereocenters. The molecule has 32 heavy (non-hydrogen) atoms. The third-order valence-electron chi connectivity index (χ3n) is 5.13. The number of nitrogens with one attached hydrogen (secondary N) is 1. The quantitative estimate of drug-likeness (QED) is 0.316. The minimum Gasteiger partial charge on any atom is -0.291 e. The molecule has 4 aromatic rings. The Kier molecular flexibility index (Phi) is 6.60. The topological polar surface area (TPSA) is 102 Å². The number of tetrazole rings is 1. The van der Waals surface area contributed by atoms with Crippen molar-refractivity contribution in [2.45, 2.75) is 39.7 Å². The summed E-state index contributed by atoms with van der Waals surface area (Å²) in [6, 6.07) is 16.3. The molecule has 0 spiro atoms. The molecule has 0 aliphatic carbocycles. The van der Waals surface area contributed by atoms with Gasteiger partial charge in [0.2, 0.25) is 17.4 Å². The molecule has 0 saturated carbocycles. The van der Waals surface area contributed by atoms with Crippen LogP contribution in [0, 0.1) is 0 Å². The zero-order valence-electron chi connectivity index (χ0n) is 18.2. The Bertz CT molecular complexity index is 1210. The number of nitrogens with zero attached hydrogens (tertiary/aromatic N) is 6.